The van der Waals surface area contributed by atoms with Gasteiger partial charge >= 0.3 is 0 Å². The largest absolute Gasteiger partial charge is 0.290 e. The second-order valence-corrected chi connectivity index (χ2v) is 4.85. The number of hydrogen-bond acceptors (Lipinski definition) is 3. The number of nitrogens with zero attached hydrogens (tertiary/aromatic N) is 1. The highest BCUT2D eigenvalue weighted by Crippen LogP contribution is 2.29. The van der Waals surface area contributed by atoms with Crippen LogP contribution in [0.5, 0.6) is 0 Å². The monoisotopic (exact) mass is 227 g/mol. The first-order chi connectivity index (χ1) is 7.74. The fourth-order valence-electron chi connectivity index (χ4n) is 1.71. The molecule has 0 aromatic heterocycles. The lowest BCUT2D eigenvalue weighted by molar-refractivity contribution is 1.34. The summed E-state index contributed by atoms with van der Waals surface area (Å²) >= 11 is 1.61. The molecule has 0 saturated carbocycles. The van der Waals surface area contributed by atoms with Crippen LogP contribution >= 0.6 is 11.3 Å². The summed E-state index contributed by atoms with van der Waals surface area (Å²) in [6.45, 7) is 1.82. The van der Waals surface area contributed by atoms with Crippen molar-refractivity contribution in [3.63, 3.8) is 0 Å². The van der Waals surface area contributed by atoms with Gasteiger partial charge in [0, 0.05) is 6.07 Å². The molecule has 3 rings (SSSR count). The molecule has 1 heterocycles. The number of benzene rings is 2. The Morgan fingerprint density at radius 1 is 1.19 bits per heavy atom. The molecular formula is C13H9NOS. The van der Waals surface area contributed by atoms with Gasteiger partial charge < -0.3 is 0 Å². The molecule has 1 aliphatic carbocycles. The van der Waals surface area contributed by atoms with Crippen LogP contribution in [0.15, 0.2) is 41.2 Å². The Labute approximate surface area is 96.5 Å². The number of aromatic nitrogens is 1. The van der Waals surface area contributed by atoms with Gasteiger partial charge in [-0.1, -0.05) is 12.1 Å². The van der Waals surface area contributed by atoms with Crippen LogP contribution in [0.1, 0.15) is 5.56 Å². The number of aryl methyl sites for hydroxylation is 1. The summed E-state index contributed by atoms with van der Waals surface area (Å²) in [7, 11) is 0. The first kappa shape index (κ1) is 9.48. The van der Waals surface area contributed by atoms with Crippen LogP contribution in [0.3, 0.4) is 0 Å². The normalized spacial score (nSPS) is 11.1. The second-order valence-electron chi connectivity index (χ2n) is 3.77. The van der Waals surface area contributed by atoms with Gasteiger partial charge in [-0.05, 0) is 30.7 Å². The zero-order chi connectivity index (χ0) is 11.1. The number of fused-ring (bicyclic) bond motifs is 2. The van der Waals surface area contributed by atoms with Crippen LogP contribution in [-0.2, 0) is 0 Å². The van der Waals surface area contributed by atoms with E-state index in [0.29, 0.717) is 0 Å². The smallest absolute Gasteiger partial charge is 0.183 e. The van der Waals surface area contributed by atoms with Crippen molar-refractivity contribution in [3.05, 3.63) is 52.2 Å². The summed E-state index contributed by atoms with van der Waals surface area (Å²) in [5, 5.41) is 0. The maximum absolute atomic E-state index is 11.5. The lowest BCUT2D eigenvalue weighted by Gasteiger charge is -2.05. The van der Waals surface area contributed by atoms with E-state index < -0.39 is 0 Å². The lowest BCUT2D eigenvalue weighted by Crippen LogP contribution is -2.04. The van der Waals surface area contributed by atoms with Crippen molar-refractivity contribution in [2.45, 2.75) is 6.92 Å². The van der Waals surface area contributed by atoms with Crippen LogP contribution in [0.25, 0.3) is 20.8 Å². The molecule has 16 heavy (non-hydrogen) atoms. The van der Waals surface area contributed by atoms with Crippen molar-refractivity contribution in [3.8, 4) is 10.6 Å². The molecule has 0 radical (unpaired) electrons. The number of para-hydroxylation sites is 1. The maximum atomic E-state index is 11.5. The summed E-state index contributed by atoms with van der Waals surface area (Å²) in [5.74, 6) is 0. The fourth-order valence-corrected chi connectivity index (χ4v) is 2.68. The van der Waals surface area contributed by atoms with E-state index >= 15 is 0 Å². The zero-order valence-electron chi connectivity index (χ0n) is 8.73. The maximum Gasteiger partial charge on any atom is 0.183 e. The quantitative estimate of drug-likeness (QED) is 0.552. The van der Waals surface area contributed by atoms with Crippen molar-refractivity contribution in [2.75, 3.05) is 0 Å². The van der Waals surface area contributed by atoms with E-state index in [9.17, 15) is 4.79 Å². The summed E-state index contributed by atoms with van der Waals surface area (Å²) in [6.07, 6.45) is 0. The standard InChI is InChI=1S/C13H9NOS/c1-8-6-10-13(7-11(8)15)16-12-5-3-2-4-9(12)14-10/h2-7H,1H3. The Kier molecular flexibility index (Phi) is 2.01. The van der Waals surface area contributed by atoms with Gasteiger partial charge in [-0.2, -0.15) is 0 Å². The molecule has 0 atom stereocenters. The highest BCUT2D eigenvalue weighted by atomic mass is 32.1. The molecule has 1 aromatic carbocycles. The van der Waals surface area contributed by atoms with Gasteiger partial charge in [0.1, 0.15) is 0 Å². The van der Waals surface area contributed by atoms with Gasteiger partial charge in [-0.3, -0.25) is 4.79 Å². The summed E-state index contributed by atoms with van der Waals surface area (Å²) in [4.78, 5) is 17.1. The summed E-state index contributed by atoms with van der Waals surface area (Å²) in [6, 6.07) is 11.5. The number of hydrogen-bond donors (Lipinski definition) is 0. The second kappa shape index (κ2) is 3.39. The molecule has 2 aliphatic rings. The van der Waals surface area contributed by atoms with E-state index in [2.05, 4.69) is 4.98 Å². The molecule has 0 N–H and O–H groups in total. The minimum absolute atomic E-state index is 0.0841. The van der Waals surface area contributed by atoms with E-state index in [1.54, 1.807) is 17.4 Å². The summed E-state index contributed by atoms with van der Waals surface area (Å²) in [5.41, 5.74) is 2.72. The van der Waals surface area contributed by atoms with E-state index in [0.717, 1.165) is 26.4 Å². The van der Waals surface area contributed by atoms with E-state index in [-0.39, 0.29) is 5.43 Å². The van der Waals surface area contributed by atoms with Crippen LogP contribution in [0, 0.1) is 6.92 Å². The van der Waals surface area contributed by atoms with Crippen LogP contribution in [0.4, 0.5) is 0 Å². The van der Waals surface area contributed by atoms with Gasteiger partial charge in [-0.25, -0.2) is 4.98 Å². The lowest BCUT2D eigenvalue weighted by atomic mass is 10.2. The van der Waals surface area contributed by atoms with Gasteiger partial charge in [0.15, 0.2) is 5.43 Å². The van der Waals surface area contributed by atoms with Crippen molar-refractivity contribution in [1.82, 2.24) is 4.98 Å². The van der Waals surface area contributed by atoms with E-state index in [4.69, 9.17) is 0 Å². The average molecular weight is 227 g/mol. The summed E-state index contributed by atoms with van der Waals surface area (Å²) < 4.78 is 1.11. The van der Waals surface area contributed by atoms with Gasteiger partial charge in [0.2, 0.25) is 0 Å². The third-order valence-corrected chi connectivity index (χ3v) is 3.69. The number of rotatable bonds is 0. The van der Waals surface area contributed by atoms with Crippen molar-refractivity contribution < 1.29 is 0 Å². The van der Waals surface area contributed by atoms with Gasteiger partial charge in [0.05, 0.1) is 20.8 Å². The molecule has 2 nitrogen and oxygen atoms in total. The Balaban J connectivity index is 2.48. The highest BCUT2D eigenvalue weighted by molar-refractivity contribution is 7.21. The molecule has 78 valence electrons. The van der Waals surface area contributed by atoms with Crippen molar-refractivity contribution in [2.24, 2.45) is 0 Å². The third-order valence-electron chi connectivity index (χ3n) is 2.58. The average Bonchev–Trinajstić information content (AvgIpc) is 2.28. The van der Waals surface area contributed by atoms with Crippen LogP contribution < -0.4 is 5.43 Å². The molecule has 0 fully saturated rings. The molecule has 0 amide bonds. The van der Waals surface area contributed by atoms with Crippen LogP contribution in [-0.4, -0.2) is 4.98 Å². The first-order valence-electron chi connectivity index (χ1n) is 5.04. The topological polar surface area (TPSA) is 30.0 Å². The van der Waals surface area contributed by atoms with E-state index in [1.165, 1.54) is 0 Å². The molecule has 0 bridgehead atoms. The first-order valence-corrected chi connectivity index (χ1v) is 5.86. The predicted molar refractivity (Wildman–Crippen MR) is 67.2 cm³/mol. The Hall–Kier alpha value is -1.74. The molecule has 0 spiro atoms. The van der Waals surface area contributed by atoms with Gasteiger partial charge in [-0.15, -0.1) is 11.3 Å². The molecule has 1 aromatic rings. The van der Waals surface area contributed by atoms with Crippen LogP contribution in [0.2, 0.25) is 0 Å². The Bertz CT molecular complexity index is 702. The zero-order valence-corrected chi connectivity index (χ0v) is 9.54. The molecule has 0 saturated heterocycles. The minimum atomic E-state index is 0.0841. The Morgan fingerprint density at radius 3 is 2.88 bits per heavy atom. The van der Waals surface area contributed by atoms with E-state index in [1.807, 2.05) is 37.3 Å². The molecular weight excluding hydrogens is 218 g/mol. The third kappa shape index (κ3) is 1.41. The minimum Gasteiger partial charge on any atom is -0.290 e. The molecule has 0 unspecified atom stereocenters. The molecule has 3 heteroatoms. The molecule has 1 aliphatic heterocycles. The Morgan fingerprint density at radius 2 is 2.00 bits per heavy atom. The fraction of sp³-hybridized carbons (Fsp3) is 0.0769. The van der Waals surface area contributed by atoms with Crippen molar-refractivity contribution >= 4 is 21.6 Å². The highest BCUT2D eigenvalue weighted by Gasteiger charge is 2.08. The predicted octanol–water partition coefficient (Wildman–Crippen LogP) is 3.07. The van der Waals surface area contributed by atoms with Crippen molar-refractivity contribution in [1.29, 1.82) is 0 Å². The SMILES string of the molecule is Cc1cc2nc3ccccc3sc-2cc1=O. The van der Waals surface area contributed by atoms with Gasteiger partial charge in [0.25, 0.3) is 0 Å².